The van der Waals surface area contributed by atoms with E-state index in [9.17, 15) is 18.0 Å². The zero-order valence-electron chi connectivity index (χ0n) is 15.9. The van der Waals surface area contributed by atoms with E-state index in [0.29, 0.717) is 37.0 Å². The molecule has 0 radical (unpaired) electrons. The number of benzene rings is 2. The van der Waals surface area contributed by atoms with E-state index >= 15 is 0 Å². The highest BCUT2D eigenvalue weighted by Crippen LogP contribution is 2.25. The molecule has 1 N–H and O–H groups in total. The van der Waals surface area contributed by atoms with Gasteiger partial charge < -0.3 is 15.1 Å². The third-order valence-corrected chi connectivity index (χ3v) is 5.82. The fourth-order valence-corrected chi connectivity index (χ4v) is 4.15. The highest BCUT2D eigenvalue weighted by atomic mass is 32.1. The molecular weight excluding hydrogens is 413 g/mol. The molecular formula is C21H19F3N4OS. The minimum absolute atomic E-state index is 0.0564. The summed E-state index contributed by atoms with van der Waals surface area (Å²) >= 11 is 1.35. The highest BCUT2D eigenvalue weighted by Gasteiger charge is 2.22. The average Bonchev–Trinajstić information content (AvgIpc) is 3.24. The molecule has 1 fully saturated rings. The molecule has 4 rings (SSSR count). The van der Waals surface area contributed by atoms with Gasteiger partial charge in [-0.2, -0.15) is 0 Å². The minimum atomic E-state index is -0.706. The fraction of sp³-hybridized carbons (Fsp3) is 0.238. The van der Waals surface area contributed by atoms with Crippen LogP contribution in [0, 0.1) is 17.5 Å². The lowest BCUT2D eigenvalue weighted by atomic mass is 10.2. The number of thiazole rings is 1. The van der Waals surface area contributed by atoms with E-state index in [2.05, 4.69) is 15.2 Å². The summed E-state index contributed by atoms with van der Waals surface area (Å²) in [5, 5.41) is 4.96. The van der Waals surface area contributed by atoms with Gasteiger partial charge in [0.25, 0.3) is 5.91 Å². The second-order valence-corrected chi connectivity index (χ2v) is 7.70. The van der Waals surface area contributed by atoms with Crippen molar-refractivity contribution < 1.29 is 18.0 Å². The van der Waals surface area contributed by atoms with Gasteiger partial charge in [0.1, 0.15) is 23.1 Å². The lowest BCUT2D eigenvalue weighted by molar-refractivity contribution is 0.0946. The molecule has 1 saturated heterocycles. The van der Waals surface area contributed by atoms with E-state index in [1.54, 1.807) is 17.5 Å². The first-order valence-electron chi connectivity index (χ1n) is 9.43. The predicted octanol–water partition coefficient (Wildman–Crippen LogP) is 3.82. The standard InChI is InChI=1S/C21H19F3N4OS/c22-15-6-5-14(17(24)11-15)12-25-20(29)18-13-30-21(26-18)28-9-7-27(8-10-28)19-4-2-1-3-16(19)23/h1-6,11,13H,7-10,12H2,(H,25,29). The molecule has 1 aliphatic rings. The number of aromatic nitrogens is 1. The normalized spacial score (nSPS) is 14.1. The van der Waals surface area contributed by atoms with Crippen LogP contribution in [-0.4, -0.2) is 37.1 Å². The zero-order chi connectivity index (χ0) is 21.1. The van der Waals surface area contributed by atoms with Gasteiger partial charge in [-0.05, 0) is 18.2 Å². The zero-order valence-corrected chi connectivity index (χ0v) is 16.8. The molecule has 0 unspecified atom stereocenters. The number of anilines is 2. The van der Waals surface area contributed by atoms with Crippen LogP contribution in [0.5, 0.6) is 0 Å². The Bertz CT molecular complexity index is 1050. The van der Waals surface area contributed by atoms with Gasteiger partial charge in [-0.25, -0.2) is 18.2 Å². The number of nitrogens with zero attached hydrogens (tertiary/aromatic N) is 3. The number of nitrogens with one attached hydrogen (secondary N) is 1. The van der Waals surface area contributed by atoms with E-state index in [0.717, 1.165) is 12.1 Å². The topological polar surface area (TPSA) is 48.5 Å². The Morgan fingerprint density at radius 2 is 1.73 bits per heavy atom. The third kappa shape index (κ3) is 4.40. The Hall–Kier alpha value is -3.07. The molecule has 30 heavy (non-hydrogen) atoms. The summed E-state index contributed by atoms with van der Waals surface area (Å²) in [5.74, 6) is -2.04. The van der Waals surface area contributed by atoms with Crippen molar-refractivity contribution in [3.63, 3.8) is 0 Å². The predicted molar refractivity (Wildman–Crippen MR) is 110 cm³/mol. The molecule has 2 heterocycles. The van der Waals surface area contributed by atoms with Gasteiger partial charge in [0.15, 0.2) is 5.13 Å². The van der Waals surface area contributed by atoms with Crippen molar-refractivity contribution in [2.75, 3.05) is 36.0 Å². The van der Waals surface area contributed by atoms with Crippen molar-refractivity contribution in [2.24, 2.45) is 0 Å². The Morgan fingerprint density at radius 3 is 2.47 bits per heavy atom. The molecule has 3 aromatic rings. The van der Waals surface area contributed by atoms with Crippen LogP contribution in [0.3, 0.4) is 0 Å². The van der Waals surface area contributed by atoms with Crippen LogP contribution in [0.2, 0.25) is 0 Å². The number of rotatable bonds is 5. The van der Waals surface area contributed by atoms with Gasteiger partial charge in [0, 0.05) is 49.7 Å². The van der Waals surface area contributed by atoms with Crippen LogP contribution >= 0.6 is 11.3 Å². The van der Waals surface area contributed by atoms with Gasteiger partial charge in [-0.3, -0.25) is 4.79 Å². The van der Waals surface area contributed by atoms with Crippen molar-refractivity contribution in [1.29, 1.82) is 0 Å². The van der Waals surface area contributed by atoms with Crippen LogP contribution < -0.4 is 15.1 Å². The summed E-state index contributed by atoms with van der Waals surface area (Å²) in [7, 11) is 0. The summed E-state index contributed by atoms with van der Waals surface area (Å²) in [5.41, 5.74) is 1.03. The first-order chi connectivity index (χ1) is 14.5. The summed E-state index contributed by atoms with van der Waals surface area (Å²) in [4.78, 5) is 20.8. The van der Waals surface area contributed by atoms with Crippen LogP contribution in [0.4, 0.5) is 24.0 Å². The number of piperazine rings is 1. The molecule has 1 amide bonds. The molecule has 9 heteroatoms. The number of hydrogen-bond donors (Lipinski definition) is 1. The number of hydrogen-bond acceptors (Lipinski definition) is 5. The Morgan fingerprint density at radius 1 is 1.00 bits per heavy atom. The van der Waals surface area contributed by atoms with Crippen LogP contribution in [0.1, 0.15) is 16.1 Å². The molecule has 2 aromatic carbocycles. The Labute approximate surface area is 175 Å². The van der Waals surface area contributed by atoms with Gasteiger partial charge in [-0.15, -0.1) is 11.3 Å². The quantitative estimate of drug-likeness (QED) is 0.666. The number of carbonyl (C=O) groups excluding carboxylic acids is 1. The van der Waals surface area contributed by atoms with Crippen molar-refractivity contribution >= 4 is 28.1 Å². The third-order valence-electron chi connectivity index (χ3n) is 4.92. The minimum Gasteiger partial charge on any atom is -0.366 e. The van der Waals surface area contributed by atoms with E-state index in [4.69, 9.17) is 0 Å². The van der Waals surface area contributed by atoms with E-state index < -0.39 is 17.5 Å². The van der Waals surface area contributed by atoms with Gasteiger partial charge in [-0.1, -0.05) is 18.2 Å². The molecule has 0 atom stereocenters. The number of halogens is 3. The largest absolute Gasteiger partial charge is 0.366 e. The highest BCUT2D eigenvalue weighted by molar-refractivity contribution is 7.13. The smallest absolute Gasteiger partial charge is 0.271 e. The van der Waals surface area contributed by atoms with Crippen LogP contribution in [0.15, 0.2) is 47.8 Å². The first kappa shape index (κ1) is 20.2. The van der Waals surface area contributed by atoms with E-state index in [-0.39, 0.29) is 23.6 Å². The lowest BCUT2D eigenvalue weighted by Crippen LogP contribution is -2.46. The second-order valence-electron chi connectivity index (χ2n) is 6.86. The average molecular weight is 432 g/mol. The second kappa shape index (κ2) is 8.74. The molecule has 156 valence electrons. The van der Waals surface area contributed by atoms with Crippen molar-refractivity contribution in [1.82, 2.24) is 10.3 Å². The monoisotopic (exact) mass is 432 g/mol. The molecule has 1 aliphatic heterocycles. The maximum absolute atomic E-state index is 14.0. The fourth-order valence-electron chi connectivity index (χ4n) is 3.29. The summed E-state index contributed by atoms with van der Waals surface area (Å²) < 4.78 is 40.6. The van der Waals surface area contributed by atoms with E-state index in [1.165, 1.54) is 23.5 Å². The van der Waals surface area contributed by atoms with Gasteiger partial charge in [0.05, 0.1) is 5.69 Å². The maximum Gasteiger partial charge on any atom is 0.271 e. The summed E-state index contributed by atoms with van der Waals surface area (Å²) in [6.07, 6.45) is 0. The van der Waals surface area contributed by atoms with Crippen molar-refractivity contribution in [3.8, 4) is 0 Å². The summed E-state index contributed by atoms with van der Waals surface area (Å²) in [6, 6.07) is 9.92. The van der Waals surface area contributed by atoms with Crippen LogP contribution in [-0.2, 0) is 6.54 Å². The van der Waals surface area contributed by atoms with E-state index in [1.807, 2.05) is 11.0 Å². The SMILES string of the molecule is O=C(NCc1ccc(F)cc1F)c1csc(N2CCN(c3ccccc3F)CC2)n1. The lowest BCUT2D eigenvalue weighted by Gasteiger charge is -2.36. The first-order valence-corrected chi connectivity index (χ1v) is 10.3. The number of amides is 1. The number of carbonyl (C=O) groups is 1. The van der Waals surface area contributed by atoms with Gasteiger partial charge in [0.2, 0.25) is 0 Å². The number of para-hydroxylation sites is 1. The van der Waals surface area contributed by atoms with Crippen molar-refractivity contribution in [2.45, 2.75) is 6.54 Å². The maximum atomic E-state index is 14.0. The van der Waals surface area contributed by atoms with Gasteiger partial charge >= 0.3 is 0 Å². The van der Waals surface area contributed by atoms with Crippen LogP contribution in [0.25, 0.3) is 0 Å². The molecule has 0 spiro atoms. The molecule has 0 bridgehead atoms. The molecule has 5 nitrogen and oxygen atoms in total. The summed E-state index contributed by atoms with van der Waals surface area (Å²) in [6.45, 7) is 2.55. The molecule has 1 aromatic heterocycles. The molecule has 0 aliphatic carbocycles. The van der Waals surface area contributed by atoms with Crippen molar-refractivity contribution in [3.05, 3.63) is 76.6 Å². The Kier molecular flexibility index (Phi) is 5.89. The molecule has 0 saturated carbocycles. The Balaban J connectivity index is 1.34.